The number of amides is 2. The van der Waals surface area contributed by atoms with Gasteiger partial charge in [0.2, 0.25) is 11.8 Å². The molecule has 0 spiro atoms. The van der Waals surface area contributed by atoms with Crippen LogP contribution in [0.15, 0.2) is 29.2 Å². The van der Waals surface area contributed by atoms with Crippen molar-refractivity contribution in [3.63, 3.8) is 0 Å². The predicted octanol–water partition coefficient (Wildman–Crippen LogP) is 2.61. The minimum atomic E-state index is -0.0860. The minimum Gasteiger partial charge on any atom is -0.343 e. The molecule has 1 N–H and O–H groups in total. The highest BCUT2D eigenvalue weighted by atomic mass is 32.2. The first-order chi connectivity index (χ1) is 9.06. The van der Waals surface area contributed by atoms with Gasteiger partial charge in [0.1, 0.15) is 0 Å². The summed E-state index contributed by atoms with van der Waals surface area (Å²) in [5.41, 5.74) is 0.770. The Morgan fingerprint density at radius 2 is 1.74 bits per heavy atom. The summed E-state index contributed by atoms with van der Waals surface area (Å²) in [6, 6.07) is 7.49. The van der Waals surface area contributed by atoms with Crippen molar-refractivity contribution in [3.8, 4) is 0 Å². The Kier molecular flexibility index (Phi) is 6.42. The quantitative estimate of drug-likeness (QED) is 0.815. The number of hydrogen-bond donors (Lipinski definition) is 1. The number of carbonyl (C=O) groups excluding carboxylic acids is 2. The SMILES string of the molecule is CCN(CC)C(=O)CSc1ccc(NC(C)=O)cc1. The fourth-order valence-corrected chi connectivity index (χ4v) is 2.45. The predicted molar refractivity (Wildman–Crippen MR) is 79.4 cm³/mol. The van der Waals surface area contributed by atoms with E-state index < -0.39 is 0 Å². The lowest BCUT2D eigenvalue weighted by molar-refractivity contribution is -0.128. The van der Waals surface area contributed by atoms with E-state index in [1.165, 1.54) is 18.7 Å². The molecule has 0 heterocycles. The number of carbonyl (C=O) groups is 2. The van der Waals surface area contributed by atoms with E-state index in [0.717, 1.165) is 23.7 Å². The standard InChI is InChI=1S/C14H20N2O2S/c1-4-16(5-2)14(18)10-19-13-8-6-12(7-9-13)15-11(3)17/h6-9H,4-5,10H2,1-3H3,(H,15,17). The molecule has 0 fully saturated rings. The van der Waals surface area contributed by atoms with E-state index >= 15 is 0 Å². The van der Waals surface area contributed by atoms with Gasteiger partial charge in [0.25, 0.3) is 0 Å². The van der Waals surface area contributed by atoms with Crippen LogP contribution in [0, 0.1) is 0 Å². The van der Waals surface area contributed by atoms with Gasteiger partial charge >= 0.3 is 0 Å². The van der Waals surface area contributed by atoms with Crippen molar-refractivity contribution in [1.82, 2.24) is 4.90 Å². The molecule has 0 radical (unpaired) electrons. The van der Waals surface area contributed by atoms with E-state index in [-0.39, 0.29) is 11.8 Å². The summed E-state index contributed by atoms with van der Waals surface area (Å²) in [5.74, 6) is 0.513. The highest BCUT2D eigenvalue weighted by Crippen LogP contribution is 2.20. The van der Waals surface area contributed by atoms with Gasteiger partial charge in [-0.3, -0.25) is 9.59 Å². The van der Waals surface area contributed by atoms with Crippen molar-refractivity contribution >= 4 is 29.3 Å². The maximum atomic E-state index is 11.8. The Morgan fingerprint density at radius 1 is 1.16 bits per heavy atom. The van der Waals surface area contributed by atoms with Crippen LogP contribution in [0.25, 0.3) is 0 Å². The molecule has 104 valence electrons. The van der Waals surface area contributed by atoms with Gasteiger partial charge in [-0.05, 0) is 38.1 Å². The topological polar surface area (TPSA) is 49.4 Å². The van der Waals surface area contributed by atoms with Crippen molar-refractivity contribution < 1.29 is 9.59 Å². The highest BCUT2D eigenvalue weighted by molar-refractivity contribution is 8.00. The molecule has 0 unspecified atom stereocenters. The molecule has 4 nitrogen and oxygen atoms in total. The van der Waals surface area contributed by atoms with E-state index in [0.29, 0.717) is 5.75 Å². The Bertz CT molecular complexity index is 428. The first-order valence-electron chi connectivity index (χ1n) is 6.35. The molecule has 0 atom stereocenters. The molecule has 19 heavy (non-hydrogen) atoms. The van der Waals surface area contributed by atoms with Crippen molar-refractivity contribution in [3.05, 3.63) is 24.3 Å². The van der Waals surface area contributed by atoms with Crippen molar-refractivity contribution in [2.24, 2.45) is 0 Å². The zero-order chi connectivity index (χ0) is 14.3. The van der Waals surface area contributed by atoms with Crippen LogP contribution in [-0.2, 0) is 9.59 Å². The largest absolute Gasteiger partial charge is 0.343 e. The molecule has 0 bridgehead atoms. The summed E-state index contributed by atoms with van der Waals surface area (Å²) < 4.78 is 0. The number of anilines is 1. The van der Waals surface area contributed by atoms with Crippen molar-refractivity contribution in [2.75, 3.05) is 24.2 Å². The second-order valence-electron chi connectivity index (χ2n) is 4.06. The van der Waals surface area contributed by atoms with Gasteiger partial charge in [-0.25, -0.2) is 0 Å². The second-order valence-corrected chi connectivity index (χ2v) is 5.11. The van der Waals surface area contributed by atoms with Crippen LogP contribution in [0.1, 0.15) is 20.8 Å². The minimum absolute atomic E-state index is 0.0860. The third-order valence-corrected chi connectivity index (χ3v) is 3.65. The molecular formula is C14H20N2O2S. The van der Waals surface area contributed by atoms with Gasteiger partial charge in [0.15, 0.2) is 0 Å². The summed E-state index contributed by atoms with van der Waals surface area (Å²) in [7, 11) is 0. The van der Waals surface area contributed by atoms with E-state index in [4.69, 9.17) is 0 Å². The Balaban J connectivity index is 2.50. The zero-order valence-electron chi connectivity index (χ0n) is 11.6. The average Bonchev–Trinajstić information content (AvgIpc) is 2.38. The van der Waals surface area contributed by atoms with Crippen molar-refractivity contribution in [1.29, 1.82) is 0 Å². The Hall–Kier alpha value is -1.49. The van der Waals surface area contributed by atoms with E-state index in [1.807, 2.05) is 43.0 Å². The Morgan fingerprint density at radius 3 is 2.21 bits per heavy atom. The van der Waals surface area contributed by atoms with Gasteiger partial charge < -0.3 is 10.2 Å². The zero-order valence-corrected chi connectivity index (χ0v) is 12.4. The van der Waals surface area contributed by atoms with E-state index in [1.54, 1.807) is 0 Å². The molecule has 0 aliphatic heterocycles. The van der Waals surface area contributed by atoms with Gasteiger partial charge in [-0.2, -0.15) is 0 Å². The van der Waals surface area contributed by atoms with Gasteiger partial charge in [-0.1, -0.05) is 0 Å². The molecule has 0 saturated carbocycles. The van der Waals surface area contributed by atoms with Gasteiger partial charge in [0.05, 0.1) is 5.75 Å². The van der Waals surface area contributed by atoms with Crippen LogP contribution >= 0.6 is 11.8 Å². The highest BCUT2D eigenvalue weighted by Gasteiger charge is 2.09. The fourth-order valence-electron chi connectivity index (χ4n) is 1.65. The molecule has 1 aromatic carbocycles. The number of rotatable bonds is 6. The average molecular weight is 280 g/mol. The number of benzene rings is 1. The molecule has 2 amide bonds. The second kappa shape index (κ2) is 7.84. The number of nitrogens with zero attached hydrogens (tertiary/aromatic N) is 1. The molecular weight excluding hydrogens is 260 g/mol. The van der Waals surface area contributed by atoms with Crippen LogP contribution in [0.2, 0.25) is 0 Å². The van der Waals surface area contributed by atoms with Crippen LogP contribution in [0.3, 0.4) is 0 Å². The summed E-state index contributed by atoms with van der Waals surface area (Å²) in [6.45, 7) is 6.93. The Labute approximate surface area is 118 Å². The first-order valence-corrected chi connectivity index (χ1v) is 7.33. The van der Waals surface area contributed by atoms with Crippen LogP contribution in [0.5, 0.6) is 0 Å². The van der Waals surface area contributed by atoms with Crippen LogP contribution in [-0.4, -0.2) is 35.6 Å². The summed E-state index contributed by atoms with van der Waals surface area (Å²) in [4.78, 5) is 25.6. The molecule has 0 aliphatic carbocycles. The third kappa shape index (κ3) is 5.34. The summed E-state index contributed by atoms with van der Waals surface area (Å²) in [5, 5.41) is 2.71. The number of thioether (sulfide) groups is 1. The van der Waals surface area contributed by atoms with Crippen LogP contribution in [0.4, 0.5) is 5.69 Å². The molecule has 0 aromatic heterocycles. The maximum Gasteiger partial charge on any atom is 0.232 e. The van der Waals surface area contributed by atoms with Gasteiger partial charge in [-0.15, -0.1) is 11.8 Å². The third-order valence-electron chi connectivity index (χ3n) is 2.65. The van der Waals surface area contributed by atoms with Crippen LogP contribution < -0.4 is 5.32 Å². The molecule has 0 aliphatic rings. The van der Waals surface area contributed by atoms with Gasteiger partial charge in [0, 0.05) is 30.6 Å². The summed E-state index contributed by atoms with van der Waals surface area (Å²) in [6.07, 6.45) is 0. The summed E-state index contributed by atoms with van der Waals surface area (Å²) >= 11 is 1.51. The molecule has 5 heteroatoms. The molecule has 1 rings (SSSR count). The first kappa shape index (κ1) is 15.6. The maximum absolute atomic E-state index is 11.8. The normalized spacial score (nSPS) is 10.1. The smallest absolute Gasteiger partial charge is 0.232 e. The molecule has 1 aromatic rings. The fraction of sp³-hybridized carbons (Fsp3) is 0.429. The number of hydrogen-bond acceptors (Lipinski definition) is 3. The lowest BCUT2D eigenvalue weighted by atomic mass is 10.3. The lowest BCUT2D eigenvalue weighted by Crippen LogP contribution is -2.31. The van der Waals surface area contributed by atoms with E-state index in [9.17, 15) is 9.59 Å². The van der Waals surface area contributed by atoms with Crippen molar-refractivity contribution in [2.45, 2.75) is 25.7 Å². The molecule has 0 saturated heterocycles. The monoisotopic (exact) mass is 280 g/mol. The lowest BCUT2D eigenvalue weighted by Gasteiger charge is -2.18. The van der Waals surface area contributed by atoms with E-state index in [2.05, 4.69) is 5.32 Å². The number of nitrogens with one attached hydrogen (secondary N) is 1.